The second-order valence-electron chi connectivity index (χ2n) is 8.36. The lowest BCUT2D eigenvalue weighted by atomic mass is 10.0. The van der Waals surface area contributed by atoms with Crippen molar-refractivity contribution >= 4 is 5.95 Å². The molecule has 0 amide bonds. The Morgan fingerprint density at radius 2 is 1.93 bits per heavy atom. The molecule has 2 aliphatic heterocycles. The minimum absolute atomic E-state index is 0.0117. The van der Waals surface area contributed by atoms with Gasteiger partial charge in [-0.1, -0.05) is 18.2 Å². The summed E-state index contributed by atoms with van der Waals surface area (Å²) in [4.78, 5) is 25.1. The zero-order valence-corrected chi connectivity index (χ0v) is 17.3. The predicted molar refractivity (Wildman–Crippen MR) is 111 cm³/mol. The van der Waals surface area contributed by atoms with Gasteiger partial charge >= 0.3 is 0 Å². The molecule has 1 N–H and O–H groups in total. The van der Waals surface area contributed by atoms with E-state index in [1.807, 2.05) is 0 Å². The molecular formula is C22H30N4O2. The molecule has 4 rings (SSSR count). The SMILES string of the molecule is Cc1ccc(CN2CCc3c(nc(N4CC(C)OC(C)C4)[nH]c3=O)C2)cc1C. The molecule has 2 aliphatic rings. The Morgan fingerprint density at radius 1 is 1.18 bits per heavy atom. The minimum Gasteiger partial charge on any atom is -0.372 e. The summed E-state index contributed by atoms with van der Waals surface area (Å²) in [7, 11) is 0. The molecule has 0 saturated carbocycles. The molecule has 0 radical (unpaired) electrons. The van der Waals surface area contributed by atoms with E-state index in [2.05, 4.69) is 60.7 Å². The van der Waals surface area contributed by atoms with E-state index < -0.39 is 0 Å². The predicted octanol–water partition coefficient (Wildman–Crippen LogP) is 2.56. The number of anilines is 1. The van der Waals surface area contributed by atoms with Crippen LogP contribution >= 0.6 is 0 Å². The van der Waals surface area contributed by atoms with Crippen molar-refractivity contribution in [2.24, 2.45) is 0 Å². The minimum atomic E-state index is 0.0117. The van der Waals surface area contributed by atoms with Gasteiger partial charge in [0, 0.05) is 38.3 Å². The molecule has 2 aromatic rings. The van der Waals surface area contributed by atoms with Crippen LogP contribution in [0.1, 0.15) is 41.8 Å². The number of aryl methyl sites for hydroxylation is 2. The summed E-state index contributed by atoms with van der Waals surface area (Å²) in [6, 6.07) is 6.65. The fourth-order valence-electron chi connectivity index (χ4n) is 4.28. The zero-order chi connectivity index (χ0) is 19.8. The lowest BCUT2D eigenvalue weighted by Crippen LogP contribution is -2.47. The van der Waals surface area contributed by atoms with E-state index in [-0.39, 0.29) is 17.8 Å². The highest BCUT2D eigenvalue weighted by molar-refractivity contribution is 5.36. The Morgan fingerprint density at radius 3 is 2.64 bits per heavy atom. The summed E-state index contributed by atoms with van der Waals surface area (Å²) >= 11 is 0. The molecule has 2 atom stereocenters. The molecule has 28 heavy (non-hydrogen) atoms. The van der Waals surface area contributed by atoms with E-state index >= 15 is 0 Å². The van der Waals surface area contributed by atoms with Gasteiger partial charge in [-0.15, -0.1) is 0 Å². The van der Waals surface area contributed by atoms with Gasteiger partial charge in [0.05, 0.1) is 17.9 Å². The summed E-state index contributed by atoms with van der Waals surface area (Å²) in [5.74, 6) is 0.679. The van der Waals surface area contributed by atoms with Crippen LogP contribution in [0.4, 0.5) is 5.95 Å². The number of benzene rings is 1. The summed E-state index contributed by atoms with van der Waals surface area (Å²) < 4.78 is 5.81. The molecule has 1 aromatic carbocycles. The number of nitrogens with zero attached hydrogens (tertiary/aromatic N) is 3. The molecule has 0 aliphatic carbocycles. The third kappa shape index (κ3) is 3.98. The lowest BCUT2D eigenvalue weighted by molar-refractivity contribution is -0.00576. The van der Waals surface area contributed by atoms with E-state index in [4.69, 9.17) is 9.72 Å². The number of rotatable bonds is 3. The average Bonchev–Trinajstić information content (AvgIpc) is 2.63. The van der Waals surface area contributed by atoms with Crippen molar-refractivity contribution in [1.82, 2.24) is 14.9 Å². The number of morpholine rings is 1. The Hall–Kier alpha value is -2.18. The van der Waals surface area contributed by atoms with Gasteiger partial charge in [0.15, 0.2) is 0 Å². The highest BCUT2D eigenvalue weighted by Gasteiger charge is 2.27. The Labute approximate surface area is 166 Å². The summed E-state index contributed by atoms with van der Waals surface area (Å²) in [6.07, 6.45) is 1.01. The maximum Gasteiger partial charge on any atom is 0.255 e. The second-order valence-corrected chi connectivity index (χ2v) is 8.36. The number of aromatic nitrogens is 2. The quantitative estimate of drug-likeness (QED) is 0.884. The number of fused-ring (bicyclic) bond motifs is 1. The van der Waals surface area contributed by atoms with Crippen LogP contribution in [-0.2, 0) is 24.2 Å². The van der Waals surface area contributed by atoms with Gasteiger partial charge in [-0.3, -0.25) is 14.7 Å². The molecule has 0 spiro atoms. The van der Waals surface area contributed by atoms with Gasteiger partial charge in [0.2, 0.25) is 5.95 Å². The van der Waals surface area contributed by atoms with E-state index in [0.717, 1.165) is 43.9 Å². The van der Waals surface area contributed by atoms with Crippen molar-refractivity contribution in [2.75, 3.05) is 24.5 Å². The van der Waals surface area contributed by atoms with Gasteiger partial charge in [-0.2, -0.15) is 0 Å². The number of hydrogen-bond acceptors (Lipinski definition) is 5. The van der Waals surface area contributed by atoms with Crippen LogP contribution in [0.5, 0.6) is 0 Å². The first-order valence-electron chi connectivity index (χ1n) is 10.2. The first-order valence-corrected chi connectivity index (χ1v) is 10.2. The Balaban J connectivity index is 1.54. The first-order chi connectivity index (χ1) is 13.4. The molecule has 3 heterocycles. The molecule has 1 aromatic heterocycles. The van der Waals surface area contributed by atoms with Crippen molar-refractivity contribution in [3.8, 4) is 0 Å². The summed E-state index contributed by atoms with van der Waals surface area (Å²) in [6.45, 7) is 12.4. The van der Waals surface area contributed by atoms with E-state index in [9.17, 15) is 4.79 Å². The second kappa shape index (κ2) is 7.68. The van der Waals surface area contributed by atoms with Crippen LogP contribution in [-0.4, -0.2) is 46.7 Å². The number of ether oxygens (including phenoxy) is 1. The third-order valence-electron chi connectivity index (χ3n) is 5.84. The van der Waals surface area contributed by atoms with Gasteiger partial charge in [-0.25, -0.2) is 4.98 Å². The van der Waals surface area contributed by atoms with Crippen molar-refractivity contribution in [2.45, 2.75) is 59.4 Å². The largest absolute Gasteiger partial charge is 0.372 e. The van der Waals surface area contributed by atoms with Crippen LogP contribution in [0.25, 0.3) is 0 Å². The van der Waals surface area contributed by atoms with Crippen LogP contribution in [0.2, 0.25) is 0 Å². The Bertz CT molecular complexity index is 913. The first kappa shape index (κ1) is 19.2. The fraction of sp³-hybridized carbons (Fsp3) is 0.545. The molecule has 1 saturated heterocycles. The Kier molecular flexibility index (Phi) is 5.25. The molecule has 2 unspecified atom stereocenters. The van der Waals surface area contributed by atoms with Crippen LogP contribution in [0.3, 0.4) is 0 Å². The zero-order valence-electron chi connectivity index (χ0n) is 17.3. The average molecular weight is 383 g/mol. The highest BCUT2D eigenvalue weighted by atomic mass is 16.5. The topological polar surface area (TPSA) is 61.5 Å². The molecule has 1 fully saturated rings. The van der Waals surface area contributed by atoms with Crippen molar-refractivity contribution < 1.29 is 4.74 Å². The van der Waals surface area contributed by atoms with Crippen LogP contribution in [0, 0.1) is 13.8 Å². The lowest BCUT2D eigenvalue weighted by Gasteiger charge is -2.36. The van der Waals surface area contributed by atoms with Crippen LogP contribution in [0.15, 0.2) is 23.0 Å². The van der Waals surface area contributed by atoms with Gasteiger partial charge in [0.25, 0.3) is 5.56 Å². The third-order valence-corrected chi connectivity index (χ3v) is 5.84. The maximum atomic E-state index is 12.7. The highest BCUT2D eigenvalue weighted by Crippen LogP contribution is 2.21. The normalized spacial score (nSPS) is 22.9. The molecule has 0 bridgehead atoms. The van der Waals surface area contributed by atoms with Crippen molar-refractivity contribution in [1.29, 1.82) is 0 Å². The number of nitrogens with one attached hydrogen (secondary N) is 1. The standard InChI is InChI=1S/C22H30N4O2/c1-14-5-6-18(9-15(14)2)12-25-8-7-19-20(13-25)23-22(24-21(19)27)26-10-16(3)28-17(4)11-26/h5-6,9,16-17H,7-8,10-13H2,1-4H3,(H,23,24,27). The molecular weight excluding hydrogens is 352 g/mol. The van der Waals surface area contributed by atoms with E-state index in [1.54, 1.807) is 0 Å². The number of aromatic amines is 1. The molecule has 6 nitrogen and oxygen atoms in total. The molecule has 6 heteroatoms. The van der Waals surface area contributed by atoms with Gasteiger partial charge < -0.3 is 9.64 Å². The number of hydrogen-bond donors (Lipinski definition) is 1. The van der Waals surface area contributed by atoms with E-state index in [0.29, 0.717) is 12.5 Å². The number of H-pyrrole nitrogens is 1. The van der Waals surface area contributed by atoms with Crippen LogP contribution < -0.4 is 10.5 Å². The van der Waals surface area contributed by atoms with Gasteiger partial charge in [-0.05, 0) is 50.8 Å². The van der Waals surface area contributed by atoms with E-state index in [1.165, 1.54) is 16.7 Å². The van der Waals surface area contributed by atoms with Gasteiger partial charge in [0.1, 0.15) is 0 Å². The molecule has 150 valence electrons. The monoisotopic (exact) mass is 382 g/mol. The van der Waals surface area contributed by atoms with Crippen molar-refractivity contribution in [3.05, 3.63) is 56.5 Å². The fourth-order valence-corrected chi connectivity index (χ4v) is 4.28. The maximum absolute atomic E-state index is 12.7. The summed E-state index contributed by atoms with van der Waals surface area (Å²) in [5, 5.41) is 0. The van der Waals surface area contributed by atoms with Crippen molar-refractivity contribution in [3.63, 3.8) is 0 Å². The summed E-state index contributed by atoms with van der Waals surface area (Å²) in [5.41, 5.74) is 5.72. The smallest absolute Gasteiger partial charge is 0.255 e.